The minimum absolute atomic E-state index is 0.00218. The fraction of sp³-hybridized carbons (Fsp3) is 0.500. The van der Waals surface area contributed by atoms with Gasteiger partial charge in [-0.25, -0.2) is 0 Å². The monoisotopic (exact) mass is 325 g/mol. The molecular formula is C20H27N3O. The Hall–Kier alpha value is -1.94. The van der Waals surface area contributed by atoms with Crippen LogP contribution in [0.1, 0.15) is 55.6 Å². The third-order valence-electron chi connectivity index (χ3n) is 4.73. The van der Waals surface area contributed by atoms with Gasteiger partial charge in [0.25, 0.3) is 5.91 Å². The van der Waals surface area contributed by atoms with Crippen LogP contribution in [0.5, 0.6) is 0 Å². The lowest BCUT2D eigenvalue weighted by atomic mass is 10.0. The molecule has 1 saturated carbocycles. The second kappa shape index (κ2) is 7.31. The van der Waals surface area contributed by atoms with Gasteiger partial charge in [0.05, 0.1) is 11.1 Å². The Morgan fingerprint density at radius 3 is 2.75 bits per heavy atom. The molecule has 0 saturated heterocycles. The van der Waals surface area contributed by atoms with Crippen molar-refractivity contribution >= 4 is 16.8 Å². The lowest BCUT2D eigenvalue weighted by Crippen LogP contribution is -2.36. The molecule has 1 aliphatic rings. The van der Waals surface area contributed by atoms with E-state index in [2.05, 4.69) is 36.0 Å². The number of para-hydroxylation sites is 1. The van der Waals surface area contributed by atoms with E-state index in [1.807, 2.05) is 30.3 Å². The van der Waals surface area contributed by atoms with Gasteiger partial charge in [-0.1, -0.05) is 39.0 Å². The van der Waals surface area contributed by atoms with Crippen LogP contribution < -0.4 is 5.32 Å². The van der Waals surface area contributed by atoms with Crippen molar-refractivity contribution in [2.75, 3.05) is 19.6 Å². The van der Waals surface area contributed by atoms with Crippen molar-refractivity contribution in [1.82, 2.24) is 15.2 Å². The number of likely N-dealkylation sites (N-methyl/N-ethyl adjacent to an activating group) is 1. The van der Waals surface area contributed by atoms with Crippen LogP contribution in [0.15, 0.2) is 30.3 Å². The summed E-state index contributed by atoms with van der Waals surface area (Å²) in [7, 11) is 0. The minimum atomic E-state index is 0.00218. The van der Waals surface area contributed by atoms with E-state index in [1.54, 1.807) is 0 Å². The van der Waals surface area contributed by atoms with Crippen LogP contribution in [-0.4, -0.2) is 41.5 Å². The number of fused-ring (bicyclic) bond motifs is 1. The van der Waals surface area contributed by atoms with Gasteiger partial charge < -0.3 is 5.32 Å². The Kier molecular flexibility index (Phi) is 5.14. The van der Waals surface area contributed by atoms with Gasteiger partial charge in [-0.3, -0.25) is 14.7 Å². The number of amides is 1. The molecule has 1 N–H and O–H groups in total. The number of hydrogen-bond acceptors (Lipinski definition) is 3. The standard InChI is InChI=1S/C20H27N3O/c1-4-23(15-9-10-15)12-11-21-20(24)17-13-19(14(2)3)22-18-8-6-5-7-16(17)18/h5-8,13-15H,4,9-12H2,1-3H3,(H,21,24). The number of carbonyl (C=O) groups excluding carboxylic acids is 1. The summed E-state index contributed by atoms with van der Waals surface area (Å²) in [4.78, 5) is 19.9. The van der Waals surface area contributed by atoms with E-state index < -0.39 is 0 Å². The number of nitrogens with zero attached hydrogens (tertiary/aromatic N) is 2. The Morgan fingerprint density at radius 2 is 2.08 bits per heavy atom. The first-order chi connectivity index (χ1) is 11.6. The molecule has 1 aromatic carbocycles. The highest BCUT2D eigenvalue weighted by atomic mass is 16.1. The maximum Gasteiger partial charge on any atom is 0.252 e. The largest absolute Gasteiger partial charge is 0.351 e. The molecule has 3 rings (SSSR count). The van der Waals surface area contributed by atoms with Gasteiger partial charge in [-0.05, 0) is 37.4 Å². The fourth-order valence-electron chi connectivity index (χ4n) is 3.13. The molecule has 1 aliphatic carbocycles. The zero-order valence-electron chi connectivity index (χ0n) is 14.9. The predicted molar refractivity (Wildman–Crippen MR) is 98.4 cm³/mol. The van der Waals surface area contributed by atoms with E-state index in [0.29, 0.717) is 12.5 Å². The van der Waals surface area contributed by atoms with E-state index in [0.717, 1.165) is 41.3 Å². The van der Waals surface area contributed by atoms with Gasteiger partial charge in [0, 0.05) is 30.2 Å². The summed E-state index contributed by atoms with van der Waals surface area (Å²) >= 11 is 0. The molecule has 1 aromatic heterocycles. The lowest BCUT2D eigenvalue weighted by Gasteiger charge is -2.20. The van der Waals surface area contributed by atoms with Gasteiger partial charge in [0.15, 0.2) is 0 Å². The van der Waals surface area contributed by atoms with E-state index in [-0.39, 0.29) is 5.91 Å². The summed E-state index contributed by atoms with van der Waals surface area (Å²) in [6.45, 7) is 9.06. The SMILES string of the molecule is CCN(CCNC(=O)c1cc(C(C)C)nc2ccccc12)C1CC1. The van der Waals surface area contributed by atoms with Gasteiger partial charge >= 0.3 is 0 Å². The second-order valence-corrected chi connectivity index (χ2v) is 6.88. The number of hydrogen-bond donors (Lipinski definition) is 1. The second-order valence-electron chi connectivity index (χ2n) is 6.88. The van der Waals surface area contributed by atoms with Crippen molar-refractivity contribution in [2.45, 2.75) is 45.6 Å². The lowest BCUT2D eigenvalue weighted by molar-refractivity contribution is 0.0949. The zero-order chi connectivity index (χ0) is 17.1. The van der Waals surface area contributed by atoms with Gasteiger partial charge in [-0.15, -0.1) is 0 Å². The maximum atomic E-state index is 12.7. The summed E-state index contributed by atoms with van der Waals surface area (Å²) in [5.41, 5.74) is 2.59. The minimum Gasteiger partial charge on any atom is -0.351 e. The van der Waals surface area contributed by atoms with Crippen LogP contribution in [0.2, 0.25) is 0 Å². The number of rotatable bonds is 7. The van der Waals surface area contributed by atoms with Crippen molar-refractivity contribution in [3.63, 3.8) is 0 Å². The third kappa shape index (κ3) is 3.75. The molecule has 0 spiro atoms. The predicted octanol–water partition coefficient (Wildman–Crippen LogP) is 3.57. The summed E-state index contributed by atoms with van der Waals surface area (Å²) < 4.78 is 0. The summed E-state index contributed by atoms with van der Waals surface area (Å²) in [6, 6.07) is 10.6. The third-order valence-corrected chi connectivity index (χ3v) is 4.73. The molecule has 1 heterocycles. The summed E-state index contributed by atoms with van der Waals surface area (Å²) in [5.74, 6) is 0.300. The van der Waals surface area contributed by atoms with Gasteiger partial charge in [0.2, 0.25) is 0 Å². The summed E-state index contributed by atoms with van der Waals surface area (Å²) in [5, 5.41) is 4.02. The molecule has 24 heavy (non-hydrogen) atoms. The number of nitrogens with one attached hydrogen (secondary N) is 1. The number of pyridine rings is 1. The molecular weight excluding hydrogens is 298 g/mol. The fourth-order valence-corrected chi connectivity index (χ4v) is 3.13. The van der Waals surface area contributed by atoms with E-state index in [9.17, 15) is 4.79 Å². The zero-order valence-corrected chi connectivity index (χ0v) is 14.9. The molecule has 4 nitrogen and oxygen atoms in total. The highest BCUT2D eigenvalue weighted by Gasteiger charge is 2.27. The molecule has 2 aromatic rings. The quantitative estimate of drug-likeness (QED) is 0.846. The van der Waals surface area contributed by atoms with Crippen LogP contribution in [0, 0.1) is 0 Å². The van der Waals surface area contributed by atoms with Crippen molar-refractivity contribution < 1.29 is 4.79 Å². The molecule has 4 heteroatoms. The van der Waals surface area contributed by atoms with Crippen molar-refractivity contribution in [3.8, 4) is 0 Å². The molecule has 0 bridgehead atoms. The van der Waals surface area contributed by atoms with Crippen LogP contribution >= 0.6 is 0 Å². The first-order valence-electron chi connectivity index (χ1n) is 9.02. The highest BCUT2D eigenvalue weighted by molar-refractivity contribution is 6.06. The molecule has 0 radical (unpaired) electrons. The van der Waals surface area contributed by atoms with Crippen LogP contribution in [0.3, 0.4) is 0 Å². The van der Waals surface area contributed by atoms with Crippen molar-refractivity contribution in [1.29, 1.82) is 0 Å². The number of benzene rings is 1. The Bertz CT molecular complexity index is 722. The van der Waals surface area contributed by atoms with E-state index in [1.165, 1.54) is 12.8 Å². The Morgan fingerprint density at radius 1 is 1.33 bits per heavy atom. The molecule has 0 aliphatic heterocycles. The van der Waals surface area contributed by atoms with Crippen LogP contribution in [-0.2, 0) is 0 Å². The van der Waals surface area contributed by atoms with Crippen molar-refractivity contribution in [2.24, 2.45) is 0 Å². The highest BCUT2D eigenvalue weighted by Crippen LogP contribution is 2.26. The van der Waals surface area contributed by atoms with Crippen molar-refractivity contribution in [3.05, 3.63) is 41.6 Å². The Labute approximate surface area is 144 Å². The van der Waals surface area contributed by atoms with Crippen LogP contribution in [0.25, 0.3) is 10.9 Å². The molecule has 0 unspecified atom stereocenters. The van der Waals surface area contributed by atoms with Gasteiger partial charge in [0.1, 0.15) is 0 Å². The molecule has 1 fully saturated rings. The van der Waals surface area contributed by atoms with E-state index in [4.69, 9.17) is 0 Å². The average Bonchev–Trinajstić information content (AvgIpc) is 3.42. The number of carbonyl (C=O) groups is 1. The van der Waals surface area contributed by atoms with E-state index >= 15 is 0 Å². The van der Waals surface area contributed by atoms with Gasteiger partial charge in [-0.2, -0.15) is 0 Å². The Balaban J connectivity index is 1.75. The van der Waals surface area contributed by atoms with Crippen LogP contribution in [0.4, 0.5) is 0 Å². The first kappa shape index (κ1) is 16.9. The summed E-state index contributed by atoms with van der Waals surface area (Å²) in [6.07, 6.45) is 2.60. The topological polar surface area (TPSA) is 45.2 Å². The smallest absolute Gasteiger partial charge is 0.252 e. The maximum absolute atomic E-state index is 12.7. The average molecular weight is 325 g/mol. The first-order valence-corrected chi connectivity index (χ1v) is 9.02. The molecule has 128 valence electrons. The molecule has 1 amide bonds. The number of aromatic nitrogens is 1. The normalized spacial score (nSPS) is 14.5. The molecule has 0 atom stereocenters.